The summed E-state index contributed by atoms with van der Waals surface area (Å²) in [5.41, 5.74) is 4.33. The van der Waals surface area contributed by atoms with Crippen LogP contribution in [0.25, 0.3) is 5.57 Å². The number of nitrogens with zero attached hydrogens (tertiary/aromatic N) is 1. The Bertz CT molecular complexity index is 1080. The molecule has 2 aromatic carbocycles. The van der Waals surface area contributed by atoms with E-state index in [-0.39, 0.29) is 18.4 Å². The van der Waals surface area contributed by atoms with Gasteiger partial charge in [-0.05, 0) is 42.7 Å². The molecule has 1 aromatic heterocycles. The molecule has 4 nitrogen and oxygen atoms in total. The van der Waals surface area contributed by atoms with Crippen LogP contribution in [0.2, 0.25) is 0 Å². The molecule has 2 amide bonds. The molecule has 0 atom stereocenters. The predicted molar refractivity (Wildman–Crippen MR) is 115 cm³/mol. The van der Waals surface area contributed by atoms with E-state index in [0.29, 0.717) is 16.2 Å². The Balaban J connectivity index is 1.71. The lowest BCUT2D eigenvalue weighted by atomic mass is 9.99. The first-order chi connectivity index (χ1) is 14.0. The molecule has 29 heavy (non-hydrogen) atoms. The zero-order valence-corrected chi connectivity index (χ0v) is 17.2. The average molecular weight is 404 g/mol. The van der Waals surface area contributed by atoms with E-state index in [0.717, 1.165) is 28.0 Å². The smallest absolute Gasteiger partial charge is 0.268 e. The number of aryl methyl sites for hydroxylation is 2. The number of furan rings is 1. The minimum atomic E-state index is -0.245. The Hall–Kier alpha value is -3.05. The fourth-order valence-corrected chi connectivity index (χ4v) is 4.49. The van der Waals surface area contributed by atoms with Gasteiger partial charge in [-0.15, -0.1) is 11.8 Å². The van der Waals surface area contributed by atoms with Crippen molar-refractivity contribution in [2.24, 2.45) is 0 Å². The number of imide groups is 1. The zero-order chi connectivity index (χ0) is 20.4. The fourth-order valence-electron chi connectivity index (χ4n) is 3.47. The van der Waals surface area contributed by atoms with E-state index in [1.54, 1.807) is 6.26 Å². The highest BCUT2D eigenvalue weighted by Gasteiger charge is 2.39. The van der Waals surface area contributed by atoms with Crippen LogP contribution >= 0.6 is 11.8 Å². The molecular weight excluding hydrogens is 382 g/mol. The van der Waals surface area contributed by atoms with Crippen molar-refractivity contribution in [3.05, 3.63) is 99.8 Å². The summed E-state index contributed by atoms with van der Waals surface area (Å²) < 4.78 is 5.41. The Labute approximate surface area is 174 Å². The Morgan fingerprint density at radius 3 is 2.41 bits per heavy atom. The third-order valence-electron chi connectivity index (χ3n) is 4.90. The first kappa shape index (κ1) is 19.3. The largest absolute Gasteiger partial charge is 0.468 e. The number of carbonyl (C=O) groups excluding carboxylic acids is 2. The summed E-state index contributed by atoms with van der Waals surface area (Å²) in [6, 6.07) is 19.2. The molecule has 1 aliphatic rings. The first-order valence-corrected chi connectivity index (χ1v) is 10.4. The molecule has 146 valence electrons. The molecule has 0 unspecified atom stereocenters. The lowest BCUT2D eigenvalue weighted by molar-refractivity contribution is -0.137. The van der Waals surface area contributed by atoms with Gasteiger partial charge in [-0.3, -0.25) is 14.5 Å². The van der Waals surface area contributed by atoms with Gasteiger partial charge < -0.3 is 4.42 Å². The molecule has 0 fully saturated rings. The molecule has 0 spiro atoms. The second kappa shape index (κ2) is 8.13. The van der Waals surface area contributed by atoms with Gasteiger partial charge in [0.05, 0.1) is 29.0 Å². The average Bonchev–Trinajstić information content (AvgIpc) is 3.30. The van der Waals surface area contributed by atoms with Crippen LogP contribution in [0.3, 0.4) is 0 Å². The van der Waals surface area contributed by atoms with Crippen molar-refractivity contribution in [2.75, 3.05) is 0 Å². The second-order valence-corrected chi connectivity index (χ2v) is 8.06. The highest BCUT2D eigenvalue weighted by atomic mass is 32.2. The number of amides is 2. The molecule has 5 heteroatoms. The van der Waals surface area contributed by atoms with Crippen LogP contribution in [-0.4, -0.2) is 16.7 Å². The van der Waals surface area contributed by atoms with Gasteiger partial charge >= 0.3 is 0 Å². The second-order valence-electron chi connectivity index (χ2n) is 7.07. The number of carbonyl (C=O) groups is 2. The SMILES string of the molecule is Cc1ccc(C2=C(SCc3ccco3)C(=O)N(Cc3ccccc3)C2=O)c(C)c1. The van der Waals surface area contributed by atoms with Gasteiger partial charge in [0.25, 0.3) is 11.8 Å². The third kappa shape index (κ3) is 3.91. The maximum Gasteiger partial charge on any atom is 0.268 e. The normalized spacial score (nSPS) is 14.2. The van der Waals surface area contributed by atoms with Gasteiger partial charge in [-0.2, -0.15) is 0 Å². The predicted octanol–water partition coefficient (Wildman–Crippen LogP) is 5.11. The van der Waals surface area contributed by atoms with Crippen LogP contribution in [-0.2, 0) is 21.9 Å². The van der Waals surface area contributed by atoms with Crippen LogP contribution in [0, 0.1) is 13.8 Å². The van der Waals surface area contributed by atoms with Gasteiger partial charge in [0.15, 0.2) is 0 Å². The summed E-state index contributed by atoms with van der Waals surface area (Å²) in [4.78, 5) is 28.4. The molecule has 0 aliphatic carbocycles. The number of rotatable bonds is 6. The van der Waals surface area contributed by atoms with Crippen molar-refractivity contribution in [2.45, 2.75) is 26.1 Å². The molecule has 0 N–H and O–H groups in total. The Morgan fingerprint density at radius 1 is 0.931 bits per heavy atom. The van der Waals surface area contributed by atoms with E-state index in [4.69, 9.17) is 4.42 Å². The highest BCUT2D eigenvalue weighted by molar-refractivity contribution is 8.03. The quantitative estimate of drug-likeness (QED) is 0.537. The lowest BCUT2D eigenvalue weighted by Crippen LogP contribution is -2.31. The molecular formula is C24H21NO3S. The van der Waals surface area contributed by atoms with Crippen molar-refractivity contribution < 1.29 is 14.0 Å². The summed E-state index contributed by atoms with van der Waals surface area (Å²) in [6.07, 6.45) is 1.61. The van der Waals surface area contributed by atoms with Gasteiger partial charge in [-0.25, -0.2) is 0 Å². The lowest BCUT2D eigenvalue weighted by Gasteiger charge is -2.15. The summed E-state index contributed by atoms with van der Waals surface area (Å²) in [5, 5.41) is 0. The minimum absolute atomic E-state index is 0.243. The summed E-state index contributed by atoms with van der Waals surface area (Å²) in [5.74, 6) is 0.775. The van der Waals surface area contributed by atoms with E-state index in [9.17, 15) is 9.59 Å². The topological polar surface area (TPSA) is 50.5 Å². The van der Waals surface area contributed by atoms with Crippen molar-refractivity contribution in [3.63, 3.8) is 0 Å². The van der Waals surface area contributed by atoms with Crippen LogP contribution in [0.4, 0.5) is 0 Å². The summed E-state index contributed by atoms with van der Waals surface area (Å²) >= 11 is 1.36. The van der Waals surface area contributed by atoms with E-state index >= 15 is 0 Å². The molecule has 2 heterocycles. The molecule has 0 bridgehead atoms. The van der Waals surface area contributed by atoms with Crippen LogP contribution in [0.5, 0.6) is 0 Å². The van der Waals surface area contributed by atoms with E-state index in [1.165, 1.54) is 16.7 Å². The summed E-state index contributed by atoms with van der Waals surface area (Å²) in [7, 11) is 0. The van der Waals surface area contributed by atoms with Crippen molar-refractivity contribution in [1.82, 2.24) is 4.90 Å². The monoisotopic (exact) mass is 403 g/mol. The molecule has 0 saturated heterocycles. The number of hydrogen-bond acceptors (Lipinski definition) is 4. The van der Waals surface area contributed by atoms with Crippen LogP contribution in [0.1, 0.15) is 28.0 Å². The molecule has 1 aliphatic heterocycles. The Kier molecular flexibility index (Phi) is 5.41. The zero-order valence-electron chi connectivity index (χ0n) is 16.3. The van der Waals surface area contributed by atoms with Crippen molar-refractivity contribution >= 4 is 29.1 Å². The van der Waals surface area contributed by atoms with Gasteiger partial charge in [0, 0.05) is 0 Å². The van der Waals surface area contributed by atoms with Gasteiger partial charge in [0.2, 0.25) is 0 Å². The van der Waals surface area contributed by atoms with Crippen molar-refractivity contribution in [3.8, 4) is 0 Å². The number of hydrogen-bond donors (Lipinski definition) is 0. The van der Waals surface area contributed by atoms with E-state index < -0.39 is 0 Å². The highest BCUT2D eigenvalue weighted by Crippen LogP contribution is 2.39. The fraction of sp³-hybridized carbons (Fsp3) is 0.167. The van der Waals surface area contributed by atoms with E-state index in [2.05, 4.69) is 0 Å². The molecule has 0 saturated carbocycles. The minimum Gasteiger partial charge on any atom is -0.468 e. The maximum atomic E-state index is 13.3. The third-order valence-corrected chi connectivity index (χ3v) is 6.00. The van der Waals surface area contributed by atoms with Gasteiger partial charge in [0.1, 0.15) is 5.76 Å². The number of thioether (sulfide) groups is 1. The maximum absolute atomic E-state index is 13.3. The molecule has 3 aromatic rings. The standard InChI is InChI=1S/C24H21NO3S/c1-16-10-11-20(17(2)13-16)21-22(29-15-19-9-6-12-28-19)24(27)25(23(21)26)14-18-7-4-3-5-8-18/h3-13H,14-15H2,1-2H3. The summed E-state index contributed by atoms with van der Waals surface area (Å²) in [6.45, 7) is 4.25. The van der Waals surface area contributed by atoms with Crippen LogP contribution in [0.15, 0.2) is 76.2 Å². The Morgan fingerprint density at radius 2 is 1.72 bits per heavy atom. The van der Waals surface area contributed by atoms with Gasteiger partial charge in [-0.1, -0.05) is 54.1 Å². The van der Waals surface area contributed by atoms with Crippen molar-refractivity contribution in [1.29, 1.82) is 0 Å². The van der Waals surface area contributed by atoms with Crippen LogP contribution < -0.4 is 0 Å². The number of benzene rings is 2. The first-order valence-electron chi connectivity index (χ1n) is 9.42. The molecule has 0 radical (unpaired) electrons. The van der Waals surface area contributed by atoms with E-state index in [1.807, 2.05) is 74.5 Å². The molecule has 4 rings (SSSR count).